The third-order valence-electron chi connectivity index (χ3n) is 4.83. The minimum absolute atomic E-state index is 0.0353. The number of carbonyl (C=O) groups excluding carboxylic acids is 1. The molecule has 0 spiro atoms. The SMILES string of the molecule is COc1ccccc1OCCNC(=O)c1ccc(CN(c2cc(Cl)ccc2Cl)S(C)(=O)=O)cc1. The maximum atomic E-state index is 12.4. The van der Waals surface area contributed by atoms with E-state index in [0.29, 0.717) is 34.2 Å². The Labute approximate surface area is 209 Å². The van der Waals surface area contributed by atoms with Crippen LogP contribution in [0.5, 0.6) is 11.5 Å². The van der Waals surface area contributed by atoms with E-state index in [1.54, 1.807) is 55.6 Å². The van der Waals surface area contributed by atoms with Crippen LogP contribution in [0, 0.1) is 0 Å². The van der Waals surface area contributed by atoms with Crippen LogP contribution in [0.15, 0.2) is 66.7 Å². The Balaban J connectivity index is 1.61. The van der Waals surface area contributed by atoms with Crippen molar-refractivity contribution < 1.29 is 22.7 Å². The number of hydrogen-bond acceptors (Lipinski definition) is 5. The lowest BCUT2D eigenvalue weighted by Gasteiger charge is -2.24. The predicted octanol–water partition coefficient (Wildman–Crippen LogP) is 4.78. The second-order valence-electron chi connectivity index (χ2n) is 7.32. The Hall–Kier alpha value is -2.94. The second-order valence-corrected chi connectivity index (χ2v) is 10.1. The van der Waals surface area contributed by atoms with Crippen molar-refractivity contribution in [2.75, 3.05) is 30.8 Å². The van der Waals surface area contributed by atoms with E-state index in [4.69, 9.17) is 32.7 Å². The van der Waals surface area contributed by atoms with Gasteiger partial charge in [-0.05, 0) is 48.0 Å². The molecule has 0 unspecified atom stereocenters. The van der Waals surface area contributed by atoms with Crippen LogP contribution in [0.3, 0.4) is 0 Å². The van der Waals surface area contributed by atoms with Gasteiger partial charge in [0, 0.05) is 10.6 Å². The smallest absolute Gasteiger partial charge is 0.251 e. The number of para-hydroxylation sites is 2. The lowest BCUT2D eigenvalue weighted by molar-refractivity contribution is 0.0947. The Kier molecular flexibility index (Phi) is 8.66. The van der Waals surface area contributed by atoms with Gasteiger partial charge in [-0.25, -0.2) is 8.42 Å². The van der Waals surface area contributed by atoms with Gasteiger partial charge in [0.2, 0.25) is 10.0 Å². The fourth-order valence-corrected chi connectivity index (χ4v) is 4.48. The molecule has 1 amide bonds. The third kappa shape index (κ3) is 6.79. The van der Waals surface area contributed by atoms with Crippen molar-refractivity contribution in [1.82, 2.24) is 5.32 Å². The number of amides is 1. The molecule has 0 aliphatic rings. The molecule has 3 aromatic carbocycles. The van der Waals surface area contributed by atoms with Crippen LogP contribution in [0.2, 0.25) is 10.0 Å². The number of sulfonamides is 1. The zero-order valence-corrected chi connectivity index (χ0v) is 21.0. The van der Waals surface area contributed by atoms with Crippen molar-refractivity contribution in [1.29, 1.82) is 0 Å². The number of halogens is 2. The molecule has 0 atom stereocenters. The van der Waals surface area contributed by atoms with Gasteiger partial charge in [-0.1, -0.05) is 47.5 Å². The second kappa shape index (κ2) is 11.5. The van der Waals surface area contributed by atoms with Gasteiger partial charge in [0.05, 0.1) is 37.2 Å². The molecule has 1 N–H and O–H groups in total. The van der Waals surface area contributed by atoms with Gasteiger partial charge in [-0.3, -0.25) is 9.10 Å². The molecule has 0 fully saturated rings. The van der Waals surface area contributed by atoms with E-state index >= 15 is 0 Å². The lowest BCUT2D eigenvalue weighted by Crippen LogP contribution is -2.30. The van der Waals surface area contributed by atoms with Gasteiger partial charge in [0.1, 0.15) is 6.61 Å². The van der Waals surface area contributed by atoms with Crippen LogP contribution in [0.1, 0.15) is 15.9 Å². The summed E-state index contributed by atoms with van der Waals surface area (Å²) < 4.78 is 36.9. The Morgan fingerprint density at radius 2 is 1.68 bits per heavy atom. The molecule has 0 aliphatic carbocycles. The van der Waals surface area contributed by atoms with Crippen molar-refractivity contribution in [3.8, 4) is 11.5 Å². The number of anilines is 1. The molecule has 0 aromatic heterocycles. The first-order valence-corrected chi connectivity index (χ1v) is 12.8. The maximum Gasteiger partial charge on any atom is 0.251 e. The van der Waals surface area contributed by atoms with E-state index in [1.807, 2.05) is 12.1 Å². The average Bonchev–Trinajstić information content (AvgIpc) is 2.81. The molecule has 34 heavy (non-hydrogen) atoms. The first kappa shape index (κ1) is 25.7. The van der Waals surface area contributed by atoms with Gasteiger partial charge in [0.25, 0.3) is 5.91 Å². The summed E-state index contributed by atoms with van der Waals surface area (Å²) in [7, 11) is -2.07. The normalized spacial score (nSPS) is 11.1. The quantitative estimate of drug-likeness (QED) is 0.387. The molecular formula is C24H24Cl2N2O5S. The standard InChI is InChI=1S/C24H24Cl2N2O5S/c1-32-22-5-3-4-6-23(22)33-14-13-27-24(29)18-9-7-17(8-10-18)16-28(34(2,30)31)21-15-19(25)11-12-20(21)26/h3-12,15H,13-14,16H2,1-2H3,(H,27,29). The minimum Gasteiger partial charge on any atom is -0.493 e. The van der Waals surface area contributed by atoms with E-state index in [9.17, 15) is 13.2 Å². The summed E-state index contributed by atoms with van der Waals surface area (Å²) in [5.74, 6) is 0.943. The van der Waals surface area contributed by atoms with Crippen molar-refractivity contribution in [2.45, 2.75) is 6.54 Å². The molecule has 0 radical (unpaired) electrons. The monoisotopic (exact) mass is 522 g/mol. The summed E-state index contributed by atoms with van der Waals surface area (Å²) in [6.45, 7) is 0.606. The summed E-state index contributed by atoms with van der Waals surface area (Å²) >= 11 is 12.2. The molecule has 7 nitrogen and oxygen atoms in total. The third-order valence-corrected chi connectivity index (χ3v) is 6.51. The van der Waals surface area contributed by atoms with Gasteiger partial charge >= 0.3 is 0 Å². The largest absolute Gasteiger partial charge is 0.493 e. The highest BCUT2D eigenvalue weighted by atomic mass is 35.5. The highest BCUT2D eigenvalue weighted by molar-refractivity contribution is 7.92. The van der Waals surface area contributed by atoms with E-state index in [2.05, 4.69) is 5.32 Å². The van der Waals surface area contributed by atoms with Crippen LogP contribution >= 0.6 is 23.2 Å². The zero-order chi connectivity index (χ0) is 24.7. The van der Waals surface area contributed by atoms with Gasteiger partial charge in [-0.15, -0.1) is 0 Å². The topological polar surface area (TPSA) is 84.9 Å². The molecule has 3 rings (SSSR count). The number of nitrogens with zero attached hydrogens (tertiary/aromatic N) is 1. The number of nitrogens with one attached hydrogen (secondary N) is 1. The number of carbonyl (C=O) groups is 1. The number of ether oxygens (including phenoxy) is 2. The van der Waals surface area contributed by atoms with Crippen LogP contribution in [0.25, 0.3) is 0 Å². The van der Waals surface area contributed by atoms with Crippen LogP contribution in [0.4, 0.5) is 5.69 Å². The number of rotatable bonds is 10. The first-order chi connectivity index (χ1) is 16.2. The summed E-state index contributed by atoms with van der Waals surface area (Å²) in [6, 6.07) is 18.5. The number of methoxy groups -OCH3 is 1. The van der Waals surface area contributed by atoms with Crippen molar-refractivity contribution in [3.63, 3.8) is 0 Å². The zero-order valence-electron chi connectivity index (χ0n) is 18.6. The first-order valence-electron chi connectivity index (χ1n) is 10.2. The molecule has 10 heteroatoms. The van der Waals surface area contributed by atoms with Crippen molar-refractivity contribution >= 4 is 44.8 Å². The molecule has 0 saturated carbocycles. The van der Waals surface area contributed by atoms with E-state index in [1.165, 1.54) is 10.4 Å². The Bertz CT molecular complexity index is 1250. The van der Waals surface area contributed by atoms with E-state index < -0.39 is 10.0 Å². The number of benzene rings is 3. The summed E-state index contributed by atoms with van der Waals surface area (Å²) in [5, 5.41) is 3.42. The minimum atomic E-state index is -3.64. The van der Waals surface area contributed by atoms with Gasteiger partial charge in [-0.2, -0.15) is 0 Å². The van der Waals surface area contributed by atoms with Crippen LogP contribution < -0.4 is 19.1 Å². The van der Waals surface area contributed by atoms with E-state index in [0.717, 1.165) is 6.26 Å². The molecular weight excluding hydrogens is 499 g/mol. The fourth-order valence-electron chi connectivity index (χ4n) is 3.15. The number of hydrogen-bond donors (Lipinski definition) is 1. The lowest BCUT2D eigenvalue weighted by atomic mass is 10.1. The highest BCUT2D eigenvalue weighted by Crippen LogP contribution is 2.32. The molecule has 180 valence electrons. The van der Waals surface area contributed by atoms with Gasteiger partial charge < -0.3 is 14.8 Å². The summed E-state index contributed by atoms with van der Waals surface area (Å²) in [5.41, 5.74) is 1.40. The van der Waals surface area contributed by atoms with Crippen LogP contribution in [-0.2, 0) is 16.6 Å². The highest BCUT2D eigenvalue weighted by Gasteiger charge is 2.21. The maximum absolute atomic E-state index is 12.4. The predicted molar refractivity (Wildman–Crippen MR) is 135 cm³/mol. The van der Waals surface area contributed by atoms with Crippen molar-refractivity contribution in [2.24, 2.45) is 0 Å². The Morgan fingerprint density at radius 1 is 1.00 bits per heavy atom. The molecule has 0 bridgehead atoms. The molecule has 0 heterocycles. The van der Waals surface area contributed by atoms with Crippen LogP contribution in [-0.4, -0.2) is 40.8 Å². The summed E-state index contributed by atoms with van der Waals surface area (Å²) in [6.07, 6.45) is 1.10. The summed E-state index contributed by atoms with van der Waals surface area (Å²) in [4.78, 5) is 12.4. The van der Waals surface area contributed by atoms with Crippen molar-refractivity contribution in [3.05, 3.63) is 87.9 Å². The molecule has 3 aromatic rings. The fraction of sp³-hybridized carbons (Fsp3) is 0.208. The van der Waals surface area contributed by atoms with Gasteiger partial charge in [0.15, 0.2) is 11.5 Å². The average molecular weight is 523 g/mol. The van der Waals surface area contributed by atoms with E-state index in [-0.39, 0.29) is 29.8 Å². The Morgan fingerprint density at radius 3 is 2.32 bits per heavy atom. The molecule has 0 saturated heterocycles. The molecule has 0 aliphatic heterocycles.